The lowest BCUT2D eigenvalue weighted by atomic mass is 10.1. The maximum atomic E-state index is 12.2. The second-order valence-corrected chi connectivity index (χ2v) is 8.11. The van der Waals surface area contributed by atoms with Gasteiger partial charge in [-0.1, -0.05) is 31.1 Å². The maximum Gasteiger partial charge on any atom is 0.246 e. The van der Waals surface area contributed by atoms with Crippen molar-refractivity contribution in [2.45, 2.75) is 50.4 Å². The van der Waals surface area contributed by atoms with E-state index in [9.17, 15) is 4.79 Å². The third-order valence-corrected chi connectivity index (χ3v) is 4.98. The van der Waals surface area contributed by atoms with E-state index in [-0.39, 0.29) is 12.5 Å². The molecular formula is C20H24N4O2S. The van der Waals surface area contributed by atoms with Crippen LogP contribution in [0.25, 0.3) is 11.5 Å². The van der Waals surface area contributed by atoms with E-state index in [0.717, 1.165) is 17.8 Å². The van der Waals surface area contributed by atoms with Crippen molar-refractivity contribution >= 4 is 17.7 Å². The molecule has 0 bridgehead atoms. The Morgan fingerprint density at radius 1 is 1.26 bits per heavy atom. The molecule has 0 spiro atoms. The number of aryl methyl sites for hydroxylation is 1. The number of nitrogens with one attached hydrogen (secondary N) is 1. The molecule has 6 nitrogen and oxygen atoms in total. The molecule has 1 N–H and O–H groups in total. The molecular weight excluding hydrogens is 360 g/mol. The van der Waals surface area contributed by atoms with Crippen LogP contribution in [0.15, 0.2) is 52.0 Å². The van der Waals surface area contributed by atoms with Gasteiger partial charge in [-0.15, -0.1) is 11.8 Å². The van der Waals surface area contributed by atoms with Gasteiger partial charge in [0, 0.05) is 22.9 Å². The standard InChI is InChI=1S/C20H24N4O2S/c1-4-24-11-5-6-17(24)20-22-19(26-23-20)13-21-18(25)12-15-7-9-16(10-8-15)27-14(2)3/h5-11,14H,4,12-13H2,1-3H3,(H,21,25). The van der Waals surface area contributed by atoms with Gasteiger partial charge in [-0.25, -0.2) is 0 Å². The summed E-state index contributed by atoms with van der Waals surface area (Å²) in [7, 11) is 0. The van der Waals surface area contributed by atoms with Crippen LogP contribution in [0, 0.1) is 0 Å². The van der Waals surface area contributed by atoms with Crippen LogP contribution in [-0.2, 0) is 24.3 Å². The number of amides is 1. The van der Waals surface area contributed by atoms with E-state index in [2.05, 4.69) is 48.4 Å². The summed E-state index contributed by atoms with van der Waals surface area (Å²) < 4.78 is 7.29. The Hall–Kier alpha value is -2.54. The lowest BCUT2D eigenvalue weighted by Gasteiger charge is -2.06. The fourth-order valence-electron chi connectivity index (χ4n) is 2.70. The van der Waals surface area contributed by atoms with Crippen molar-refractivity contribution in [3.63, 3.8) is 0 Å². The molecule has 0 aliphatic heterocycles. The van der Waals surface area contributed by atoms with Crippen molar-refractivity contribution in [1.29, 1.82) is 0 Å². The zero-order valence-electron chi connectivity index (χ0n) is 15.8. The molecule has 0 saturated heterocycles. The van der Waals surface area contributed by atoms with Crippen LogP contribution in [-0.4, -0.2) is 25.9 Å². The number of carbonyl (C=O) groups is 1. The molecule has 142 valence electrons. The molecule has 0 fully saturated rings. The summed E-state index contributed by atoms with van der Waals surface area (Å²) in [5.74, 6) is 0.853. The van der Waals surface area contributed by atoms with Gasteiger partial charge in [-0.2, -0.15) is 4.98 Å². The predicted molar refractivity (Wildman–Crippen MR) is 106 cm³/mol. The SMILES string of the molecule is CCn1cccc1-c1noc(CNC(=O)Cc2ccc(SC(C)C)cc2)n1. The number of hydrogen-bond donors (Lipinski definition) is 1. The quantitative estimate of drug-likeness (QED) is 0.596. The molecule has 1 aromatic carbocycles. The molecule has 0 saturated carbocycles. The Kier molecular flexibility index (Phi) is 6.34. The Labute approximate surface area is 163 Å². The number of nitrogens with zero attached hydrogens (tertiary/aromatic N) is 3. The van der Waals surface area contributed by atoms with Crippen molar-refractivity contribution in [1.82, 2.24) is 20.0 Å². The van der Waals surface area contributed by atoms with Crippen LogP contribution in [0.3, 0.4) is 0 Å². The summed E-state index contributed by atoms with van der Waals surface area (Å²) >= 11 is 1.81. The molecule has 27 heavy (non-hydrogen) atoms. The summed E-state index contributed by atoms with van der Waals surface area (Å²) in [4.78, 5) is 17.7. The van der Waals surface area contributed by atoms with Gasteiger partial charge in [-0.05, 0) is 36.8 Å². The number of carbonyl (C=O) groups excluding carboxylic acids is 1. The van der Waals surface area contributed by atoms with Gasteiger partial charge in [0.25, 0.3) is 0 Å². The van der Waals surface area contributed by atoms with Gasteiger partial charge in [-0.3, -0.25) is 4.79 Å². The largest absolute Gasteiger partial charge is 0.347 e. The van der Waals surface area contributed by atoms with Gasteiger partial charge < -0.3 is 14.4 Å². The first kappa shape index (κ1) is 19.2. The van der Waals surface area contributed by atoms with Gasteiger partial charge in [0.1, 0.15) is 0 Å². The minimum atomic E-state index is -0.0732. The lowest BCUT2D eigenvalue weighted by Crippen LogP contribution is -2.24. The van der Waals surface area contributed by atoms with Crippen molar-refractivity contribution in [2.75, 3.05) is 0 Å². The molecule has 2 aromatic heterocycles. The first-order valence-corrected chi connectivity index (χ1v) is 9.93. The van der Waals surface area contributed by atoms with Crippen molar-refractivity contribution in [3.8, 4) is 11.5 Å². The first-order valence-electron chi connectivity index (χ1n) is 9.05. The Bertz CT molecular complexity index is 884. The van der Waals surface area contributed by atoms with E-state index in [1.54, 1.807) is 0 Å². The number of aromatic nitrogens is 3. The van der Waals surface area contributed by atoms with E-state index in [1.807, 2.05) is 46.8 Å². The number of thioether (sulfide) groups is 1. The van der Waals surface area contributed by atoms with Crippen LogP contribution >= 0.6 is 11.8 Å². The third-order valence-electron chi connectivity index (χ3n) is 3.96. The van der Waals surface area contributed by atoms with Crippen LogP contribution in [0.1, 0.15) is 32.2 Å². The molecule has 3 aromatic rings. The van der Waals surface area contributed by atoms with Crippen molar-refractivity contribution in [3.05, 3.63) is 54.0 Å². The van der Waals surface area contributed by atoms with Crippen LogP contribution in [0.2, 0.25) is 0 Å². The van der Waals surface area contributed by atoms with Crippen molar-refractivity contribution < 1.29 is 9.32 Å². The Morgan fingerprint density at radius 3 is 2.74 bits per heavy atom. The molecule has 0 unspecified atom stereocenters. The molecule has 7 heteroatoms. The van der Waals surface area contributed by atoms with Gasteiger partial charge >= 0.3 is 0 Å². The summed E-state index contributed by atoms with van der Waals surface area (Å²) in [6.07, 6.45) is 2.30. The number of rotatable bonds is 8. The van der Waals surface area contributed by atoms with Gasteiger partial charge in [0.15, 0.2) is 0 Å². The van der Waals surface area contributed by atoms with Gasteiger partial charge in [0.05, 0.1) is 18.7 Å². The average Bonchev–Trinajstić information content (AvgIpc) is 3.29. The van der Waals surface area contributed by atoms with E-state index in [4.69, 9.17) is 4.52 Å². The van der Waals surface area contributed by atoms with E-state index in [0.29, 0.717) is 23.4 Å². The molecule has 0 radical (unpaired) electrons. The van der Waals surface area contributed by atoms with E-state index < -0.39 is 0 Å². The minimum Gasteiger partial charge on any atom is -0.347 e. The Morgan fingerprint density at radius 2 is 2.04 bits per heavy atom. The minimum absolute atomic E-state index is 0.0732. The monoisotopic (exact) mass is 384 g/mol. The highest BCUT2D eigenvalue weighted by atomic mass is 32.2. The second-order valence-electron chi connectivity index (χ2n) is 6.46. The fraction of sp³-hybridized carbons (Fsp3) is 0.350. The second kappa shape index (κ2) is 8.90. The zero-order chi connectivity index (χ0) is 19.2. The number of hydrogen-bond acceptors (Lipinski definition) is 5. The van der Waals surface area contributed by atoms with Crippen LogP contribution in [0.5, 0.6) is 0 Å². The topological polar surface area (TPSA) is 73.0 Å². The first-order chi connectivity index (χ1) is 13.0. The van der Waals surface area contributed by atoms with E-state index in [1.165, 1.54) is 4.90 Å². The summed E-state index contributed by atoms with van der Waals surface area (Å²) in [6, 6.07) is 12.0. The molecule has 1 amide bonds. The summed E-state index contributed by atoms with van der Waals surface area (Å²) in [5.41, 5.74) is 1.88. The molecule has 2 heterocycles. The molecule has 0 aliphatic rings. The normalized spacial score (nSPS) is 11.1. The lowest BCUT2D eigenvalue weighted by molar-refractivity contribution is -0.120. The predicted octanol–water partition coefficient (Wildman–Crippen LogP) is 3.92. The molecule has 0 atom stereocenters. The van der Waals surface area contributed by atoms with Gasteiger partial charge in [0.2, 0.25) is 17.6 Å². The highest BCUT2D eigenvalue weighted by molar-refractivity contribution is 7.99. The highest BCUT2D eigenvalue weighted by Gasteiger charge is 2.12. The smallest absolute Gasteiger partial charge is 0.246 e. The third kappa shape index (κ3) is 5.23. The van der Waals surface area contributed by atoms with Crippen LogP contribution in [0.4, 0.5) is 0 Å². The Balaban J connectivity index is 1.52. The molecule has 0 aliphatic carbocycles. The molecule has 3 rings (SSSR count). The van der Waals surface area contributed by atoms with Crippen LogP contribution < -0.4 is 5.32 Å². The zero-order valence-corrected chi connectivity index (χ0v) is 16.6. The average molecular weight is 385 g/mol. The van der Waals surface area contributed by atoms with E-state index >= 15 is 0 Å². The summed E-state index contributed by atoms with van der Waals surface area (Å²) in [6.45, 7) is 7.43. The fourth-order valence-corrected chi connectivity index (χ4v) is 3.54. The highest BCUT2D eigenvalue weighted by Crippen LogP contribution is 2.23. The van der Waals surface area contributed by atoms with Crippen molar-refractivity contribution in [2.24, 2.45) is 0 Å². The number of benzene rings is 1. The summed E-state index contributed by atoms with van der Waals surface area (Å²) in [5, 5.41) is 7.38. The maximum absolute atomic E-state index is 12.2.